The monoisotopic (exact) mass is 272 g/mol. The number of aromatic nitrogens is 1. The first-order chi connectivity index (χ1) is 9.04. The zero-order valence-corrected chi connectivity index (χ0v) is 12.5. The van der Waals surface area contributed by atoms with Crippen LogP contribution in [-0.4, -0.2) is 10.5 Å². The molecule has 0 unspecified atom stereocenters. The van der Waals surface area contributed by atoms with Gasteiger partial charge in [-0.3, -0.25) is 4.98 Å². The van der Waals surface area contributed by atoms with Crippen LogP contribution in [0.25, 0.3) is 0 Å². The molecule has 0 aliphatic rings. The van der Waals surface area contributed by atoms with Gasteiger partial charge in [-0.1, -0.05) is 30.0 Å². The molecule has 1 aromatic heterocycles. The third-order valence-electron chi connectivity index (χ3n) is 2.66. The summed E-state index contributed by atoms with van der Waals surface area (Å²) in [5, 5.41) is 3.54. The number of nitrogens with one attached hydrogen (secondary N) is 1. The normalized spacial score (nSPS) is 11.5. The van der Waals surface area contributed by atoms with Crippen molar-refractivity contribution in [1.82, 2.24) is 10.3 Å². The van der Waals surface area contributed by atoms with E-state index < -0.39 is 0 Å². The lowest BCUT2D eigenvalue weighted by atomic mass is 10.1. The van der Waals surface area contributed by atoms with Crippen LogP contribution < -0.4 is 5.32 Å². The SMILES string of the molecule is CC(C)(C)NCc1ccccc1Sc1ccncc1. The number of rotatable bonds is 4. The second-order valence-corrected chi connectivity index (χ2v) is 6.61. The molecule has 0 saturated heterocycles. The van der Waals surface area contributed by atoms with E-state index in [2.05, 4.69) is 55.3 Å². The van der Waals surface area contributed by atoms with Crippen molar-refractivity contribution in [3.63, 3.8) is 0 Å². The molecule has 2 aromatic rings. The summed E-state index contributed by atoms with van der Waals surface area (Å²) in [6.45, 7) is 7.45. The Kier molecular flexibility index (Phi) is 4.61. The van der Waals surface area contributed by atoms with Crippen molar-refractivity contribution in [2.45, 2.75) is 42.6 Å². The molecule has 100 valence electrons. The molecule has 0 bridgehead atoms. The highest BCUT2D eigenvalue weighted by molar-refractivity contribution is 7.99. The van der Waals surface area contributed by atoms with E-state index in [1.165, 1.54) is 15.4 Å². The molecule has 2 nitrogen and oxygen atoms in total. The Morgan fingerprint density at radius 3 is 2.42 bits per heavy atom. The Labute approximate surface area is 119 Å². The fourth-order valence-electron chi connectivity index (χ4n) is 1.64. The van der Waals surface area contributed by atoms with Crippen LogP contribution in [-0.2, 0) is 6.54 Å². The van der Waals surface area contributed by atoms with Crippen LogP contribution in [0.4, 0.5) is 0 Å². The highest BCUT2D eigenvalue weighted by Crippen LogP contribution is 2.30. The lowest BCUT2D eigenvalue weighted by Crippen LogP contribution is -2.35. The molecule has 0 aliphatic carbocycles. The molecular formula is C16H20N2S. The zero-order valence-electron chi connectivity index (χ0n) is 11.7. The number of pyridine rings is 1. The largest absolute Gasteiger partial charge is 0.308 e. The van der Waals surface area contributed by atoms with Crippen LogP contribution in [0.5, 0.6) is 0 Å². The van der Waals surface area contributed by atoms with E-state index in [1.807, 2.05) is 24.5 Å². The summed E-state index contributed by atoms with van der Waals surface area (Å²) in [7, 11) is 0. The molecule has 1 heterocycles. The van der Waals surface area contributed by atoms with Crippen molar-refractivity contribution >= 4 is 11.8 Å². The zero-order chi connectivity index (χ0) is 13.7. The van der Waals surface area contributed by atoms with E-state index in [4.69, 9.17) is 0 Å². The third kappa shape index (κ3) is 4.69. The predicted octanol–water partition coefficient (Wildman–Crippen LogP) is 4.12. The quantitative estimate of drug-likeness (QED) is 0.906. The molecule has 3 heteroatoms. The van der Waals surface area contributed by atoms with Crippen molar-refractivity contribution in [3.8, 4) is 0 Å². The summed E-state index contributed by atoms with van der Waals surface area (Å²) in [5.74, 6) is 0. The van der Waals surface area contributed by atoms with E-state index in [0.29, 0.717) is 0 Å². The van der Waals surface area contributed by atoms with E-state index in [-0.39, 0.29) is 5.54 Å². The Hall–Kier alpha value is -1.32. The average Bonchev–Trinajstić information content (AvgIpc) is 2.38. The molecule has 0 fully saturated rings. The van der Waals surface area contributed by atoms with Crippen LogP contribution in [0.1, 0.15) is 26.3 Å². The van der Waals surface area contributed by atoms with Crippen molar-refractivity contribution in [2.75, 3.05) is 0 Å². The number of nitrogens with zero attached hydrogens (tertiary/aromatic N) is 1. The molecule has 0 amide bonds. The van der Waals surface area contributed by atoms with Gasteiger partial charge in [0.1, 0.15) is 0 Å². The van der Waals surface area contributed by atoms with Gasteiger partial charge in [0.05, 0.1) is 0 Å². The summed E-state index contributed by atoms with van der Waals surface area (Å²) in [6.07, 6.45) is 3.66. The highest BCUT2D eigenvalue weighted by Gasteiger charge is 2.10. The molecular weight excluding hydrogens is 252 g/mol. The summed E-state index contributed by atoms with van der Waals surface area (Å²) in [4.78, 5) is 6.57. The van der Waals surface area contributed by atoms with Gasteiger partial charge >= 0.3 is 0 Å². The number of hydrogen-bond donors (Lipinski definition) is 1. The van der Waals surface area contributed by atoms with E-state index in [9.17, 15) is 0 Å². The standard InChI is InChI=1S/C16H20N2S/c1-16(2,3)18-12-13-6-4-5-7-15(13)19-14-8-10-17-11-9-14/h4-11,18H,12H2,1-3H3. The molecule has 1 aromatic carbocycles. The average molecular weight is 272 g/mol. The minimum Gasteiger partial charge on any atom is -0.308 e. The van der Waals surface area contributed by atoms with Gasteiger partial charge in [-0.25, -0.2) is 0 Å². The smallest absolute Gasteiger partial charge is 0.0279 e. The topological polar surface area (TPSA) is 24.9 Å². The third-order valence-corrected chi connectivity index (χ3v) is 3.79. The summed E-state index contributed by atoms with van der Waals surface area (Å²) in [5.41, 5.74) is 1.47. The second kappa shape index (κ2) is 6.22. The minimum atomic E-state index is 0.133. The Bertz CT molecular complexity index is 518. The Morgan fingerprint density at radius 2 is 1.74 bits per heavy atom. The molecule has 0 radical (unpaired) electrons. The first-order valence-electron chi connectivity index (χ1n) is 6.45. The fraction of sp³-hybridized carbons (Fsp3) is 0.312. The van der Waals surface area contributed by atoms with Crippen LogP contribution >= 0.6 is 11.8 Å². The highest BCUT2D eigenvalue weighted by atomic mass is 32.2. The fourth-order valence-corrected chi connectivity index (χ4v) is 2.57. The van der Waals surface area contributed by atoms with Crippen molar-refractivity contribution in [2.24, 2.45) is 0 Å². The van der Waals surface area contributed by atoms with E-state index in [1.54, 1.807) is 11.8 Å². The lowest BCUT2D eigenvalue weighted by Gasteiger charge is -2.21. The molecule has 1 N–H and O–H groups in total. The summed E-state index contributed by atoms with van der Waals surface area (Å²) in [6, 6.07) is 12.6. The predicted molar refractivity (Wildman–Crippen MR) is 81.4 cm³/mol. The van der Waals surface area contributed by atoms with E-state index >= 15 is 0 Å². The molecule has 0 aliphatic heterocycles. The number of hydrogen-bond acceptors (Lipinski definition) is 3. The van der Waals surface area contributed by atoms with E-state index in [0.717, 1.165) is 6.54 Å². The molecule has 19 heavy (non-hydrogen) atoms. The van der Waals surface area contributed by atoms with Gasteiger partial charge < -0.3 is 5.32 Å². The second-order valence-electron chi connectivity index (χ2n) is 5.50. The number of benzene rings is 1. The Balaban J connectivity index is 2.12. The van der Waals surface area contributed by atoms with Crippen LogP contribution in [0.3, 0.4) is 0 Å². The van der Waals surface area contributed by atoms with Gasteiger partial charge in [-0.05, 0) is 44.5 Å². The first kappa shape index (κ1) is 14.1. The lowest BCUT2D eigenvalue weighted by molar-refractivity contribution is 0.422. The van der Waals surface area contributed by atoms with Crippen molar-refractivity contribution < 1.29 is 0 Å². The van der Waals surface area contributed by atoms with Crippen molar-refractivity contribution in [1.29, 1.82) is 0 Å². The van der Waals surface area contributed by atoms with Gasteiger partial charge in [-0.15, -0.1) is 0 Å². The first-order valence-corrected chi connectivity index (χ1v) is 7.27. The molecule has 0 saturated carbocycles. The van der Waals surface area contributed by atoms with Crippen LogP contribution in [0.15, 0.2) is 58.6 Å². The maximum atomic E-state index is 4.05. The summed E-state index contributed by atoms with van der Waals surface area (Å²) < 4.78 is 0. The van der Waals surface area contributed by atoms with Gasteiger partial charge in [0.25, 0.3) is 0 Å². The Morgan fingerprint density at radius 1 is 1.05 bits per heavy atom. The summed E-state index contributed by atoms with van der Waals surface area (Å²) >= 11 is 1.78. The van der Waals surface area contributed by atoms with Crippen LogP contribution in [0.2, 0.25) is 0 Å². The van der Waals surface area contributed by atoms with Crippen LogP contribution in [0, 0.1) is 0 Å². The van der Waals surface area contributed by atoms with Crippen molar-refractivity contribution in [3.05, 3.63) is 54.4 Å². The van der Waals surface area contributed by atoms with Gasteiger partial charge in [-0.2, -0.15) is 0 Å². The maximum absolute atomic E-state index is 4.05. The molecule has 0 spiro atoms. The van der Waals surface area contributed by atoms with Gasteiger partial charge in [0, 0.05) is 34.3 Å². The molecule has 2 rings (SSSR count). The maximum Gasteiger partial charge on any atom is 0.0279 e. The minimum absolute atomic E-state index is 0.133. The van der Waals surface area contributed by atoms with Gasteiger partial charge in [0.2, 0.25) is 0 Å². The molecule has 0 atom stereocenters. The van der Waals surface area contributed by atoms with Gasteiger partial charge in [0.15, 0.2) is 0 Å².